The fourth-order valence-electron chi connectivity index (χ4n) is 3.15. The van der Waals surface area contributed by atoms with Gasteiger partial charge in [0.1, 0.15) is 0 Å². The summed E-state index contributed by atoms with van der Waals surface area (Å²) in [6, 6.07) is 0. The summed E-state index contributed by atoms with van der Waals surface area (Å²) in [6.07, 6.45) is 6.58. The second kappa shape index (κ2) is 5.95. The number of carboxylic acids is 1. The predicted molar refractivity (Wildman–Crippen MR) is 74.2 cm³/mol. The maximum atomic E-state index is 12.6. The molecule has 3 atom stereocenters. The number of hydrogen-bond acceptors (Lipinski definition) is 3. The van der Waals surface area contributed by atoms with Crippen LogP contribution >= 0.6 is 0 Å². The third-order valence-electron chi connectivity index (χ3n) is 4.53. The van der Waals surface area contributed by atoms with E-state index in [9.17, 15) is 14.7 Å². The van der Waals surface area contributed by atoms with Crippen LogP contribution in [0.5, 0.6) is 0 Å². The smallest absolute Gasteiger partial charge is 0.307 e. The Hall–Kier alpha value is -1.36. The fourth-order valence-corrected chi connectivity index (χ4v) is 3.15. The topological polar surface area (TPSA) is 66.8 Å². The summed E-state index contributed by atoms with van der Waals surface area (Å²) >= 11 is 0. The van der Waals surface area contributed by atoms with E-state index in [1.165, 1.54) is 0 Å². The van der Waals surface area contributed by atoms with E-state index in [4.69, 9.17) is 4.74 Å². The number of ether oxygens (including phenoxy) is 1. The van der Waals surface area contributed by atoms with Crippen molar-refractivity contribution in [3.8, 4) is 0 Å². The van der Waals surface area contributed by atoms with Crippen molar-refractivity contribution in [3.63, 3.8) is 0 Å². The number of carboxylic acid groups (broad SMARTS) is 1. The number of likely N-dealkylation sites (tertiary alicyclic amines) is 1. The van der Waals surface area contributed by atoms with Crippen LogP contribution in [0.15, 0.2) is 12.2 Å². The van der Waals surface area contributed by atoms with Crippen LogP contribution in [0.25, 0.3) is 0 Å². The summed E-state index contributed by atoms with van der Waals surface area (Å²) in [4.78, 5) is 25.7. The Balaban J connectivity index is 2.09. The molecule has 0 bridgehead atoms. The van der Waals surface area contributed by atoms with Gasteiger partial charge in [0.2, 0.25) is 5.91 Å². The monoisotopic (exact) mass is 281 g/mol. The maximum absolute atomic E-state index is 12.6. The molecule has 0 aromatic heterocycles. The lowest BCUT2D eigenvalue weighted by atomic mass is 9.81. The molecule has 0 aromatic rings. The Morgan fingerprint density at radius 2 is 1.95 bits per heavy atom. The van der Waals surface area contributed by atoms with Gasteiger partial charge in [-0.25, -0.2) is 0 Å². The summed E-state index contributed by atoms with van der Waals surface area (Å²) in [5.74, 6) is -1.94. The standard InChI is InChI=1S/C15H23NO4/c1-15(20-2)8-5-9-16(10-15)13(17)11-6-3-4-7-12(11)14(18)19/h3-4,11-12H,5-10H2,1-2H3,(H,18,19). The molecule has 0 saturated carbocycles. The zero-order valence-electron chi connectivity index (χ0n) is 12.2. The van der Waals surface area contributed by atoms with Crippen molar-refractivity contribution < 1.29 is 19.4 Å². The molecule has 1 saturated heterocycles. The normalized spacial score (nSPS) is 34.0. The zero-order valence-corrected chi connectivity index (χ0v) is 12.2. The molecule has 0 radical (unpaired) electrons. The van der Waals surface area contributed by atoms with Crippen LogP contribution in [-0.4, -0.2) is 47.7 Å². The third kappa shape index (κ3) is 3.03. The van der Waals surface area contributed by atoms with Gasteiger partial charge in [0, 0.05) is 20.2 Å². The first-order valence-electron chi connectivity index (χ1n) is 7.18. The molecule has 3 unspecified atom stereocenters. The Morgan fingerprint density at radius 3 is 2.55 bits per heavy atom. The third-order valence-corrected chi connectivity index (χ3v) is 4.53. The van der Waals surface area contributed by atoms with Crippen LogP contribution in [0.3, 0.4) is 0 Å². The van der Waals surface area contributed by atoms with E-state index in [0.717, 1.165) is 12.8 Å². The average Bonchev–Trinajstić information content (AvgIpc) is 2.46. The molecule has 1 N–H and O–H groups in total. The summed E-state index contributed by atoms with van der Waals surface area (Å²) in [5.41, 5.74) is -0.308. The lowest BCUT2D eigenvalue weighted by Gasteiger charge is -2.41. The van der Waals surface area contributed by atoms with Gasteiger partial charge in [0.25, 0.3) is 0 Å². The van der Waals surface area contributed by atoms with Gasteiger partial charge in [0.05, 0.1) is 17.4 Å². The van der Waals surface area contributed by atoms with Gasteiger partial charge >= 0.3 is 5.97 Å². The van der Waals surface area contributed by atoms with Crippen molar-refractivity contribution in [2.24, 2.45) is 11.8 Å². The molecule has 2 rings (SSSR count). The number of methoxy groups -OCH3 is 1. The van der Waals surface area contributed by atoms with E-state index in [1.54, 1.807) is 12.0 Å². The number of aliphatic carboxylic acids is 1. The summed E-state index contributed by atoms with van der Waals surface area (Å²) in [5, 5.41) is 9.28. The molecular formula is C15H23NO4. The van der Waals surface area contributed by atoms with Crippen molar-refractivity contribution in [1.82, 2.24) is 4.90 Å². The molecule has 1 aliphatic carbocycles. The number of hydrogen-bond donors (Lipinski definition) is 1. The lowest BCUT2D eigenvalue weighted by molar-refractivity contribution is -0.154. The number of allylic oxidation sites excluding steroid dienone is 2. The summed E-state index contributed by atoms with van der Waals surface area (Å²) in [6.45, 7) is 3.25. The number of carbonyl (C=O) groups excluding carboxylic acids is 1. The zero-order chi connectivity index (χ0) is 14.8. The number of amides is 1. The Morgan fingerprint density at radius 1 is 1.30 bits per heavy atom. The van der Waals surface area contributed by atoms with E-state index in [-0.39, 0.29) is 11.5 Å². The highest BCUT2D eigenvalue weighted by Gasteiger charge is 2.40. The first kappa shape index (κ1) is 15.0. The molecule has 0 spiro atoms. The van der Waals surface area contributed by atoms with Gasteiger partial charge in [-0.3, -0.25) is 9.59 Å². The molecule has 0 aromatic carbocycles. The average molecular weight is 281 g/mol. The molecule has 1 heterocycles. The highest BCUT2D eigenvalue weighted by molar-refractivity contribution is 5.85. The quantitative estimate of drug-likeness (QED) is 0.799. The van der Waals surface area contributed by atoms with Gasteiger partial charge in [-0.1, -0.05) is 12.2 Å². The molecule has 1 aliphatic heterocycles. The number of nitrogens with zero attached hydrogens (tertiary/aromatic N) is 1. The van der Waals surface area contributed by atoms with Crippen molar-refractivity contribution in [2.45, 2.75) is 38.2 Å². The Bertz CT molecular complexity index is 420. The number of piperidine rings is 1. The van der Waals surface area contributed by atoms with E-state index in [1.807, 2.05) is 19.1 Å². The van der Waals surface area contributed by atoms with Gasteiger partial charge in [-0.2, -0.15) is 0 Å². The van der Waals surface area contributed by atoms with E-state index < -0.39 is 17.8 Å². The molecule has 2 aliphatic rings. The molecule has 20 heavy (non-hydrogen) atoms. The minimum absolute atomic E-state index is 0.0373. The molecular weight excluding hydrogens is 258 g/mol. The summed E-state index contributed by atoms with van der Waals surface area (Å²) < 4.78 is 5.50. The van der Waals surface area contributed by atoms with Crippen molar-refractivity contribution in [1.29, 1.82) is 0 Å². The minimum Gasteiger partial charge on any atom is -0.481 e. The Labute approximate surface area is 119 Å². The van der Waals surface area contributed by atoms with Crippen LogP contribution in [0.2, 0.25) is 0 Å². The highest BCUT2D eigenvalue weighted by atomic mass is 16.5. The lowest BCUT2D eigenvalue weighted by Crippen LogP contribution is -2.52. The SMILES string of the molecule is COC1(C)CCCN(C(=O)C2CC=CCC2C(=O)O)C1. The van der Waals surface area contributed by atoms with Crippen molar-refractivity contribution in [3.05, 3.63) is 12.2 Å². The minimum atomic E-state index is -0.876. The second-order valence-electron chi connectivity index (χ2n) is 6.01. The number of carbonyl (C=O) groups is 2. The first-order chi connectivity index (χ1) is 9.47. The predicted octanol–water partition coefficient (Wildman–Crippen LogP) is 1.68. The highest BCUT2D eigenvalue weighted by Crippen LogP contribution is 2.31. The summed E-state index contributed by atoms with van der Waals surface area (Å²) in [7, 11) is 1.66. The van der Waals surface area contributed by atoms with Gasteiger partial charge in [-0.05, 0) is 32.6 Å². The van der Waals surface area contributed by atoms with E-state index >= 15 is 0 Å². The van der Waals surface area contributed by atoms with Crippen LogP contribution in [0.1, 0.15) is 32.6 Å². The van der Waals surface area contributed by atoms with E-state index in [0.29, 0.717) is 25.9 Å². The van der Waals surface area contributed by atoms with Crippen molar-refractivity contribution >= 4 is 11.9 Å². The van der Waals surface area contributed by atoms with Crippen LogP contribution < -0.4 is 0 Å². The molecule has 5 nitrogen and oxygen atoms in total. The van der Waals surface area contributed by atoms with Gasteiger partial charge < -0.3 is 14.7 Å². The largest absolute Gasteiger partial charge is 0.481 e. The van der Waals surface area contributed by atoms with Gasteiger partial charge in [-0.15, -0.1) is 0 Å². The van der Waals surface area contributed by atoms with Crippen LogP contribution in [0, 0.1) is 11.8 Å². The maximum Gasteiger partial charge on any atom is 0.307 e. The molecule has 1 fully saturated rings. The molecule has 112 valence electrons. The molecule has 5 heteroatoms. The Kier molecular flexibility index (Phi) is 4.48. The van der Waals surface area contributed by atoms with Gasteiger partial charge in [0.15, 0.2) is 0 Å². The number of rotatable bonds is 3. The molecule has 1 amide bonds. The van der Waals surface area contributed by atoms with Crippen LogP contribution in [-0.2, 0) is 14.3 Å². The fraction of sp³-hybridized carbons (Fsp3) is 0.733. The van der Waals surface area contributed by atoms with Crippen molar-refractivity contribution in [2.75, 3.05) is 20.2 Å². The first-order valence-corrected chi connectivity index (χ1v) is 7.18. The van der Waals surface area contributed by atoms with E-state index in [2.05, 4.69) is 0 Å². The second-order valence-corrected chi connectivity index (χ2v) is 6.01. The van der Waals surface area contributed by atoms with Crippen LogP contribution in [0.4, 0.5) is 0 Å².